The summed E-state index contributed by atoms with van der Waals surface area (Å²) in [6.45, 7) is 1.34. The van der Waals surface area contributed by atoms with E-state index >= 15 is 0 Å². The lowest BCUT2D eigenvalue weighted by Gasteiger charge is -2.16. The minimum Gasteiger partial charge on any atom is -0.349 e. The third kappa shape index (κ3) is 4.55. The molecule has 0 saturated heterocycles. The number of imidazole rings is 1. The zero-order chi connectivity index (χ0) is 13.5. The molecule has 0 bridgehead atoms. The normalized spacial score (nSPS) is 17.1. The van der Waals surface area contributed by atoms with E-state index in [1.165, 1.54) is 44.7 Å². The molecule has 6 heteroatoms. The van der Waals surface area contributed by atoms with Gasteiger partial charge in [0.1, 0.15) is 5.69 Å². The highest BCUT2D eigenvalue weighted by Gasteiger charge is 2.11. The van der Waals surface area contributed by atoms with Crippen LogP contribution in [0.15, 0.2) is 11.0 Å². The van der Waals surface area contributed by atoms with Gasteiger partial charge >= 0.3 is 5.69 Å². The molecule has 0 spiro atoms. The molecule has 1 saturated carbocycles. The molecule has 0 aliphatic heterocycles. The van der Waals surface area contributed by atoms with Gasteiger partial charge in [0, 0.05) is 25.3 Å². The van der Waals surface area contributed by atoms with Crippen LogP contribution in [0.3, 0.4) is 0 Å². The molecule has 19 heavy (non-hydrogen) atoms. The maximum atomic E-state index is 11.6. The van der Waals surface area contributed by atoms with Gasteiger partial charge in [-0.25, -0.2) is 4.79 Å². The highest BCUT2D eigenvalue weighted by molar-refractivity contribution is 5.91. The van der Waals surface area contributed by atoms with Crippen LogP contribution < -0.4 is 16.3 Å². The van der Waals surface area contributed by atoms with E-state index in [1.807, 2.05) is 0 Å². The second-order valence-electron chi connectivity index (χ2n) is 5.05. The minimum atomic E-state index is -0.360. The summed E-state index contributed by atoms with van der Waals surface area (Å²) in [5.41, 5.74) is -0.0822. The van der Waals surface area contributed by atoms with E-state index < -0.39 is 0 Å². The predicted molar refractivity (Wildman–Crippen MR) is 73.2 cm³/mol. The lowest BCUT2D eigenvalue weighted by molar-refractivity contribution is 0.0949. The summed E-state index contributed by atoms with van der Waals surface area (Å²) in [5.74, 6) is -0.249. The summed E-state index contributed by atoms with van der Waals surface area (Å²) in [7, 11) is 0. The van der Waals surface area contributed by atoms with Crippen molar-refractivity contribution in [1.82, 2.24) is 20.6 Å². The second kappa shape index (κ2) is 7.13. The first-order chi connectivity index (χ1) is 9.25. The number of rotatable bonds is 5. The van der Waals surface area contributed by atoms with E-state index in [1.54, 1.807) is 0 Å². The molecule has 6 nitrogen and oxygen atoms in total. The first kappa shape index (κ1) is 13.9. The van der Waals surface area contributed by atoms with Gasteiger partial charge in [0.25, 0.3) is 5.91 Å². The summed E-state index contributed by atoms with van der Waals surface area (Å²) in [4.78, 5) is 27.3. The second-order valence-corrected chi connectivity index (χ2v) is 5.05. The fourth-order valence-corrected chi connectivity index (χ4v) is 2.49. The largest absolute Gasteiger partial charge is 0.349 e. The third-order valence-electron chi connectivity index (χ3n) is 3.54. The summed E-state index contributed by atoms with van der Waals surface area (Å²) in [6.07, 6.45) is 9.14. The first-order valence-corrected chi connectivity index (χ1v) is 7.05. The maximum absolute atomic E-state index is 11.6. The molecular weight excluding hydrogens is 244 g/mol. The van der Waals surface area contributed by atoms with Crippen molar-refractivity contribution in [1.29, 1.82) is 0 Å². The van der Waals surface area contributed by atoms with Crippen molar-refractivity contribution < 1.29 is 4.79 Å². The van der Waals surface area contributed by atoms with Gasteiger partial charge in [-0.1, -0.05) is 25.7 Å². The molecule has 0 aromatic carbocycles. The molecule has 0 unspecified atom stereocenters. The van der Waals surface area contributed by atoms with Crippen LogP contribution in [0.4, 0.5) is 0 Å². The first-order valence-electron chi connectivity index (χ1n) is 7.05. The lowest BCUT2D eigenvalue weighted by atomic mass is 10.1. The summed E-state index contributed by atoms with van der Waals surface area (Å²) in [5, 5.41) is 6.26. The zero-order valence-electron chi connectivity index (χ0n) is 11.1. The maximum Gasteiger partial charge on any atom is 0.323 e. The lowest BCUT2D eigenvalue weighted by Crippen LogP contribution is -2.37. The van der Waals surface area contributed by atoms with E-state index in [0.29, 0.717) is 12.6 Å². The molecule has 1 aliphatic rings. The molecular formula is C13H22N4O2. The van der Waals surface area contributed by atoms with Crippen LogP contribution in [0.1, 0.15) is 49.0 Å². The molecule has 0 radical (unpaired) electrons. The van der Waals surface area contributed by atoms with Crippen LogP contribution in [-0.4, -0.2) is 35.0 Å². The van der Waals surface area contributed by atoms with Gasteiger partial charge in [-0.15, -0.1) is 0 Å². The van der Waals surface area contributed by atoms with Gasteiger partial charge in [0.2, 0.25) is 0 Å². The number of H-pyrrole nitrogens is 2. The number of aromatic nitrogens is 2. The molecule has 1 aromatic heterocycles. The fourth-order valence-electron chi connectivity index (χ4n) is 2.49. The van der Waals surface area contributed by atoms with E-state index in [0.717, 1.165) is 6.54 Å². The Balaban J connectivity index is 1.63. The standard InChI is InChI=1S/C13H22N4O2/c18-12(11-9-16-13(19)17-11)15-8-7-14-10-5-3-1-2-4-6-10/h9-10,14H,1-8H2,(H,15,18)(H2,16,17,19). The number of hydrogen-bond donors (Lipinski definition) is 4. The molecule has 1 aromatic rings. The molecule has 2 rings (SSSR count). The Kier molecular flexibility index (Phi) is 5.20. The van der Waals surface area contributed by atoms with Crippen molar-refractivity contribution in [2.75, 3.05) is 13.1 Å². The van der Waals surface area contributed by atoms with Crippen LogP contribution in [0, 0.1) is 0 Å². The van der Waals surface area contributed by atoms with E-state index in [-0.39, 0.29) is 17.3 Å². The third-order valence-corrected chi connectivity index (χ3v) is 3.54. The van der Waals surface area contributed by atoms with Crippen molar-refractivity contribution in [2.45, 2.75) is 44.6 Å². The van der Waals surface area contributed by atoms with Gasteiger partial charge in [-0.2, -0.15) is 0 Å². The predicted octanol–water partition coefficient (Wildman–Crippen LogP) is 0.745. The number of nitrogens with one attached hydrogen (secondary N) is 4. The highest BCUT2D eigenvalue weighted by atomic mass is 16.2. The molecule has 106 valence electrons. The monoisotopic (exact) mass is 266 g/mol. The smallest absolute Gasteiger partial charge is 0.323 e. The van der Waals surface area contributed by atoms with Crippen LogP contribution in [0.2, 0.25) is 0 Å². The number of amides is 1. The van der Waals surface area contributed by atoms with Crippen LogP contribution in [-0.2, 0) is 0 Å². The number of carbonyl (C=O) groups excluding carboxylic acids is 1. The molecule has 1 aliphatic carbocycles. The minimum absolute atomic E-state index is 0.249. The van der Waals surface area contributed by atoms with Crippen molar-refractivity contribution >= 4 is 5.91 Å². The summed E-state index contributed by atoms with van der Waals surface area (Å²) >= 11 is 0. The average molecular weight is 266 g/mol. The van der Waals surface area contributed by atoms with Crippen molar-refractivity contribution in [3.8, 4) is 0 Å². The SMILES string of the molecule is O=C(NCCNC1CCCCCC1)c1c[nH]c(=O)[nH]1. The molecule has 1 amide bonds. The Morgan fingerprint density at radius 1 is 1.21 bits per heavy atom. The molecule has 4 N–H and O–H groups in total. The van der Waals surface area contributed by atoms with Gasteiger partial charge in [-0.3, -0.25) is 4.79 Å². The van der Waals surface area contributed by atoms with Gasteiger partial charge < -0.3 is 20.6 Å². The topological polar surface area (TPSA) is 89.8 Å². The van der Waals surface area contributed by atoms with E-state index in [4.69, 9.17) is 0 Å². The van der Waals surface area contributed by atoms with Gasteiger partial charge in [-0.05, 0) is 12.8 Å². The van der Waals surface area contributed by atoms with E-state index in [2.05, 4.69) is 20.6 Å². The highest BCUT2D eigenvalue weighted by Crippen LogP contribution is 2.16. The quantitative estimate of drug-likeness (QED) is 0.468. The van der Waals surface area contributed by atoms with Crippen molar-refractivity contribution in [2.24, 2.45) is 0 Å². The Morgan fingerprint density at radius 3 is 2.58 bits per heavy atom. The summed E-state index contributed by atoms with van der Waals surface area (Å²) in [6, 6.07) is 0.589. The van der Waals surface area contributed by atoms with Gasteiger partial charge in [0.05, 0.1) is 0 Å². The van der Waals surface area contributed by atoms with Crippen molar-refractivity contribution in [3.63, 3.8) is 0 Å². The van der Waals surface area contributed by atoms with Crippen LogP contribution in [0.25, 0.3) is 0 Å². The van der Waals surface area contributed by atoms with Crippen LogP contribution in [0.5, 0.6) is 0 Å². The average Bonchev–Trinajstić information content (AvgIpc) is 2.68. The Morgan fingerprint density at radius 2 is 1.95 bits per heavy atom. The summed E-state index contributed by atoms with van der Waals surface area (Å²) < 4.78 is 0. The molecule has 1 heterocycles. The molecule has 0 atom stereocenters. The number of carbonyl (C=O) groups is 1. The fraction of sp³-hybridized carbons (Fsp3) is 0.692. The number of hydrogen-bond acceptors (Lipinski definition) is 3. The van der Waals surface area contributed by atoms with Crippen molar-refractivity contribution in [3.05, 3.63) is 22.4 Å². The Labute approximate surface area is 112 Å². The zero-order valence-corrected chi connectivity index (χ0v) is 11.1. The molecule has 1 fully saturated rings. The van der Waals surface area contributed by atoms with Gasteiger partial charge in [0.15, 0.2) is 0 Å². The Bertz CT molecular complexity index is 443. The van der Waals surface area contributed by atoms with E-state index in [9.17, 15) is 9.59 Å². The van der Waals surface area contributed by atoms with Crippen LogP contribution >= 0.6 is 0 Å². The Hall–Kier alpha value is -1.56. The number of aromatic amines is 2.